The third kappa shape index (κ3) is 2.54. The average Bonchev–Trinajstić information content (AvgIpc) is 3.22. The number of carbonyl (C=O) groups excluding carboxylic acids is 1. The lowest BCUT2D eigenvalue weighted by molar-refractivity contribution is -0.119. The van der Waals surface area contributed by atoms with Gasteiger partial charge in [0.1, 0.15) is 12.2 Å². The van der Waals surface area contributed by atoms with Crippen molar-refractivity contribution in [3.63, 3.8) is 0 Å². The van der Waals surface area contributed by atoms with Gasteiger partial charge in [-0.25, -0.2) is 4.79 Å². The molecule has 106 valence electrons. The van der Waals surface area contributed by atoms with Crippen LogP contribution in [0.3, 0.4) is 0 Å². The number of carbonyl (C=O) groups is 2. The van der Waals surface area contributed by atoms with E-state index in [0.717, 1.165) is 12.8 Å². The monoisotopic (exact) mass is 276 g/mol. The molecule has 1 amide bonds. The maximum absolute atomic E-state index is 11.9. The van der Waals surface area contributed by atoms with Gasteiger partial charge < -0.3 is 20.1 Å². The minimum atomic E-state index is -1.02. The van der Waals surface area contributed by atoms with Crippen LogP contribution >= 0.6 is 0 Å². The van der Waals surface area contributed by atoms with Crippen LogP contribution in [0.5, 0.6) is 5.75 Å². The number of anilines is 1. The van der Waals surface area contributed by atoms with Crippen LogP contribution in [-0.2, 0) is 4.79 Å². The Labute approximate surface area is 116 Å². The van der Waals surface area contributed by atoms with Gasteiger partial charge in [0.15, 0.2) is 5.75 Å². The highest BCUT2D eigenvalue weighted by Crippen LogP contribution is 2.34. The summed E-state index contributed by atoms with van der Waals surface area (Å²) in [6, 6.07) is 5.29. The van der Waals surface area contributed by atoms with E-state index < -0.39 is 5.97 Å². The molecule has 1 aromatic carbocycles. The summed E-state index contributed by atoms with van der Waals surface area (Å²) in [6.07, 6.45) is 2.10. The molecular formula is C14H16N2O4. The summed E-state index contributed by atoms with van der Waals surface area (Å²) >= 11 is 0. The number of hydrogen-bond acceptors (Lipinski definition) is 4. The lowest BCUT2D eigenvalue weighted by atomic mass is 10.1. The molecular weight excluding hydrogens is 260 g/mol. The summed E-state index contributed by atoms with van der Waals surface area (Å²) in [4.78, 5) is 24.9. The van der Waals surface area contributed by atoms with E-state index in [1.807, 2.05) is 4.90 Å². The van der Waals surface area contributed by atoms with Crippen LogP contribution in [0.2, 0.25) is 0 Å². The number of amides is 1. The lowest BCUT2D eigenvalue weighted by Crippen LogP contribution is -2.42. The Bertz CT molecular complexity index is 554. The molecule has 1 saturated carbocycles. The molecule has 0 atom stereocenters. The highest BCUT2D eigenvalue weighted by atomic mass is 16.5. The summed E-state index contributed by atoms with van der Waals surface area (Å²) in [5, 5.41) is 12.1. The van der Waals surface area contributed by atoms with Gasteiger partial charge in [-0.1, -0.05) is 6.07 Å². The zero-order valence-corrected chi connectivity index (χ0v) is 11.0. The number of nitrogens with zero attached hydrogens (tertiary/aromatic N) is 1. The Balaban J connectivity index is 1.80. The highest BCUT2D eigenvalue weighted by molar-refractivity contribution is 5.94. The molecule has 6 nitrogen and oxygen atoms in total. The van der Waals surface area contributed by atoms with E-state index in [4.69, 9.17) is 9.84 Å². The predicted molar refractivity (Wildman–Crippen MR) is 72.3 cm³/mol. The SMILES string of the molecule is O=C(CN1CCOc2c(C(=O)O)cccc21)NC1CC1. The number of para-hydroxylation sites is 1. The molecule has 0 unspecified atom stereocenters. The Morgan fingerprint density at radius 1 is 1.40 bits per heavy atom. The van der Waals surface area contributed by atoms with Gasteiger partial charge in [-0.15, -0.1) is 0 Å². The number of carboxylic acid groups (broad SMARTS) is 1. The molecule has 0 saturated heterocycles. The number of carboxylic acids is 1. The number of benzene rings is 1. The maximum Gasteiger partial charge on any atom is 0.339 e. The topological polar surface area (TPSA) is 78.9 Å². The quantitative estimate of drug-likeness (QED) is 0.853. The predicted octanol–water partition coefficient (Wildman–Crippen LogP) is 0.862. The smallest absolute Gasteiger partial charge is 0.339 e. The fourth-order valence-electron chi connectivity index (χ4n) is 2.31. The van der Waals surface area contributed by atoms with Crippen LogP contribution in [0.15, 0.2) is 18.2 Å². The minimum absolute atomic E-state index is 0.0268. The lowest BCUT2D eigenvalue weighted by Gasteiger charge is -2.31. The van der Waals surface area contributed by atoms with Crippen molar-refractivity contribution in [1.29, 1.82) is 0 Å². The number of fused-ring (bicyclic) bond motifs is 1. The molecule has 20 heavy (non-hydrogen) atoms. The summed E-state index contributed by atoms with van der Waals surface area (Å²) in [5.41, 5.74) is 0.803. The molecule has 0 bridgehead atoms. The zero-order valence-electron chi connectivity index (χ0n) is 11.0. The van der Waals surface area contributed by atoms with Crippen molar-refractivity contribution in [1.82, 2.24) is 5.32 Å². The van der Waals surface area contributed by atoms with Crippen molar-refractivity contribution < 1.29 is 19.4 Å². The summed E-state index contributed by atoms with van der Waals surface area (Å²) < 4.78 is 5.47. The van der Waals surface area contributed by atoms with E-state index in [1.165, 1.54) is 6.07 Å². The minimum Gasteiger partial charge on any atom is -0.489 e. The van der Waals surface area contributed by atoms with Gasteiger partial charge in [0, 0.05) is 6.04 Å². The van der Waals surface area contributed by atoms with Crippen LogP contribution in [0.25, 0.3) is 0 Å². The van der Waals surface area contributed by atoms with Gasteiger partial charge in [0.2, 0.25) is 5.91 Å². The normalized spacial score (nSPS) is 17.1. The first kappa shape index (κ1) is 12.8. The van der Waals surface area contributed by atoms with Crippen LogP contribution in [-0.4, -0.2) is 42.7 Å². The standard InChI is InChI=1S/C14H16N2O4/c17-12(15-9-4-5-9)8-16-6-7-20-13-10(14(18)19)2-1-3-11(13)16/h1-3,9H,4-8H2,(H,15,17)(H,18,19). The highest BCUT2D eigenvalue weighted by Gasteiger charge is 2.27. The van der Waals surface area contributed by atoms with E-state index in [2.05, 4.69) is 5.32 Å². The number of aromatic carboxylic acids is 1. The van der Waals surface area contributed by atoms with Gasteiger partial charge in [-0.05, 0) is 25.0 Å². The van der Waals surface area contributed by atoms with Crippen molar-refractivity contribution in [3.8, 4) is 5.75 Å². The molecule has 3 rings (SSSR count). The van der Waals surface area contributed by atoms with Gasteiger partial charge in [0.05, 0.1) is 18.8 Å². The number of hydrogen-bond donors (Lipinski definition) is 2. The molecule has 0 spiro atoms. The van der Waals surface area contributed by atoms with Crippen molar-refractivity contribution in [2.75, 3.05) is 24.6 Å². The summed E-state index contributed by atoms with van der Waals surface area (Å²) in [6.45, 7) is 1.19. The van der Waals surface area contributed by atoms with Crippen molar-refractivity contribution in [2.45, 2.75) is 18.9 Å². The summed E-state index contributed by atoms with van der Waals surface area (Å²) in [5.74, 6) is -0.697. The van der Waals surface area contributed by atoms with Crippen LogP contribution < -0.4 is 15.0 Å². The first-order valence-corrected chi connectivity index (χ1v) is 6.68. The Hall–Kier alpha value is -2.24. The van der Waals surface area contributed by atoms with Gasteiger partial charge >= 0.3 is 5.97 Å². The molecule has 0 radical (unpaired) electrons. The third-order valence-electron chi connectivity index (χ3n) is 3.45. The first-order chi connectivity index (χ1) is 9.65. The molecule has 1 aromatic rings. The third-order valence-corrected chi connectivity index (χ3v) is 3.45. The molecule has 2 N–H and O–H groups in total. The molecule has 1 aliphatic carbocycles. The number of ether oxygens (including phenoxy) is 1. The van der Waals surface area contributed by atoms with Crippen LogP contribution in [0.1, 0.15) is 23.2 Å². The van der Waals surface area contributed by atoms with E-state index in [9.17, 15) is 9.59 Å². The molecule has 0 aromatic heterocycles. The van der Waals surface area contributed by atoms with E-state index in [1.54, 1.807) is 12.1 Å². The van der Waals surface area contributed by atoms with Gasteiger partial charge in [0.25, 0.3) is 0 Å². The fraction of sp³-hybridized carbons (Fsp3) is 0.429. The Morgan fingerprint density at radius 3 is 2.90 bits per heavy atom. The summed E-state index contributed by atoms with van der Waals surface area (Å²) in [7, 11) is 0. The largest absolute Gasteiger partial charge is 0.489 e. The zero-order chi connectivity index (χ0) is 14.1. The molecule has 1 heterocycles. The Kier molecular flexibility index (Phi) is 3.22. The first-order valence-electron chi connectivity index (χ1n) is 6.68. The number of rotatable bonds is 4. The maximum atomic E-state index is 11.9. The average molecular weight is 276 g/mol. The van der Waals surface area contributed by atoms with E-state index in [-0.39, 0.29) is 18.0 Å². The van der Waals surface area contributed by atoms with Crippen molar-refractivity contribution in [2.24, 2.45) is 0 Å². The fourth-order valence-corrected chi connectivity index (χ4v) is 2.31. The van der Waals surface area contributed by atoms with Gasteiger partial charge in [-0.3, -0.25) is 4.79 Å². The second-order valence-electron chi connectivity index (χ2n) is 5.07. The van der Waals surface area contributed by atoms with E-state index >= 15 is 0 Å². The van der Waals surface area contributed by atoms with Crippen molar-refractivity contribution >= 4 is 17.6 Å². The second-order valence-corrected chi connectivity index (χ2v) is 5.07. The van der Waals surface area contributed by atoms with Crippen LogP contribution in [0, 0.1) is 0 Å². The molecule has 1 aliphatic heterocycles. The van der Waals surface area contributed by atoms with Crippen molar-refractivity contribution in [3.05, 3.63) is 23.8 Å². The van der Waals surface area contributed by atoms with Crippen LogP contribution in [0.4, 0.5) is 5.69 Å². The van der Waals surface area contributed by atoms with Gasteiger partial charge in [-0.2, -0.15) is 0 Å². The van der Waals surface area contributed by atoms with E-state index in [0.29, 0.717) is 30.6 Å². The molecule has 6 heteroatoms. The molecule has 2 aliphatic rings. The number of nitrogens with one attached hydrogen (secondary N) is 1. The molecule has 1 fully saturated rings. The second kappa shape index (κ2) is 5.03. The Morgan fingerprint density at radius 2 is 2.20 bits per heavy atom.